The van der Waals surface area contributed by atoms with Crippen LogP contribution in [0.5, 0.6) is 0 Å². The Morgan fingerprint density at radius 1 is 1.20 bits per heavy atom. The maximum atomic E-state index is 12.6. The molecule has 0 aromatic carbocycles. The van der Waals surface area contributed by atoms with Gasteiger partial charge in [0.25, 0.3) is 5.91 Å². The maximum absolute atomic E-state index is 12.6. The first-order valence-electron chi connectivity index (χ1n) is 10.0. The Hall–Kier alpha value is -3.11. The van der Waals surface area contributed by atoms with Gasteiger partial charge in [-0.15, -0.1) is 10.2 Å². The van der Waals surface area contributed by atoms with Gasteiger partial charge in [-0.05, 0) is 39.3 Å². The summed E-state index contributed by atoms with van der Waals surface area (Å²) in [5.41, 5.74) is 1.31. The van der Waals surface area contributed by atoms with E-state index in [0.29, 0.717) is 24.6 Å². The van der Waals surface area contributed by atoms with Crippen LogP contribution in [-0.4, -0.2) is 94.1 Å². The topological polar surface area (TPSA) is 94.8 Å². The van der Waals surface area contributed by atoms with Gasteiger partial charge in [-0.3, -0.25) is 14.1 Å². The molecule has 1 saturated heterocycles. The van der Waals surface area contributed by atoms with Gasteiger partial charge in [0.2, 0.25) is 5.95 Å². The molecule has 158 valence electrons. The summed E-state index contributed by atoms with van der Waals surface area (Å²) in [5, 5.41) is 11.7. The average molecular weight is 409 g/mol. The summed E-state index contributed by atoms with van der Waals surface area (Å²) in [5.74, 6) is 1.41. The Morgan fingerprint density at radius 3 is 2.77 bits per heavy atom. The van der Waals surface area contributed by atoms with Crippen LogP contribution < -0.4 is 10.2 Å². The lowest BCUT2D eigenvalue weighted by Crippen LogP contribution is -2.47. The van der Waals surface area contributed by atoms with Gasteiger partial charge >= 0.3 is 0 Å². The van der Waals surface area contributed by atoms with Crippen LogP contribution in [0.3, 0.4) is 0 Å². The maximum Gasteiger partial charge on any atom is 0.252 e. The molecule has 1 N–H and O–H groups in total. The molecule has 4 rings (SSSR count). The van der Waals surface area contributed by atoms with Gasteiger partial charge in [0.1, 0.15) is 0 Å². The highest BCUT2D eigenvalue weighted by Gasteiger charge is 2.30. The molecule has 1 unspecified atom stereocenters. The van der Waals surface area contributed by atoms with Gasteiger partial charge in [-0.2, -0.15) is 0 Å². The summed E-state index contributed by atoms with van der Waals surface area (Å²) in [6, 6.07) is 5.43. The summed E-state index contributed by atoms with van der Waals surface area (Å²) < 4.78 is 1.91. The van der Waals surface area contributed by atoms with Gasteiger partial charge in [0.05, 0.1) is 11.6 Å². The van der Waals surface area contributed by atoms with E-state index in [0.717, 1.165) is 31.1 Å². The summed E-state index contributed by atoms with van der Waals surface area (Å²) in [6.45, 7) is 3.77. The summed E-state index contributed by atoms with van der Waals surface area (Å²) in [4.78, 5) is 27.8. The van der Waals surface area contributed by atoms with Crippen molar-refractivity contribution >= 4 is 17.5 Å². The van der Waals surface area contributed by atoms with E-state index in [4.69, 9.17) is 0 Å². The molecule has 10 nitrogen and oxygen atoms in total. The zero-order valence-corrected chi connectivity index (χ0v) is 17.6. The molecular weight excluding hydrogens is 382 g/mol. The predicted octanol–water partition coefficient (Wildman–Crippen LogP) is 0.304. The monoisotopic (exact) mass is 409 g/mol. The number of aromatic nitrogens is 5. The van der Waals surface area contributed by atoms with Crippen molar-refractivity contribution in [2.24, 2.45) is 0 Å². The third-order valence-corrected chi connectivity index (χ3v) is 5.32. The van der Waals surface area contributed by atoms with Crippen molar-refractivity contribution in [3.63, 3.8) is 0 Å². The molecule has 10 heteroatoms. The number of carbonyl (C=O) groups excluding carboxylic acids is 1. The molecule has 4 heterocycles. The van der Waals surface area contributed by atoms with Gasteiger partial charge in [-0.25, -0.2) is 9.97 Å². The molecule has 1 aliphatic heterocycles. The van der Waals surface area contributed by atoms with Gasteiger partial charge in [-0.1, -0.05) is 0 Å². The second-order valence-electron chi connectivity index (χ2n) is 7.75. The van der Waals surface area contributed by atoms with Crippen molar-refractivity contribution in [1.29, 1.82) is 0 Å². The van der Waals surface area contributed by atoms with E-state index in [1.165, 1.54) is 0 Å². The molecule has 0 radical (unpaired) electrons. The number of fused-ring (bicyclic) bond motifs is 1. The minimum absolute atomic E-state index is 0.00427. The Morgan fingerprint density at radius 2 is 2.00 bits per heavy atom. The molecule has 3 aromatic rings. The van der Waals surface area contributed by atoms with E-state index in [1.807, 2.05) is 41.7 Å². The second-order valence-corrected chi connectivity index (χ2v) is 7.75. The zero-order chi connectivity index (χ0) is 21.1. The molecule has 0 aliphatic carbocycles. The fourth-order valence-corrected chi connectivity index (χ4v) is 3.55. The molecule has 30 heavy (non-hydrogen) atoms. The fourth-order valence-electron chi connectivity index (χ4n) is 3.55. The first kappa shape index (κ1) is 20.2. The number of piperazine rings is 1. The van der Waals surface area contributed by atoms with Crippen LogP contribution in [0, 0.1) is 0 Å². The molecule has 1 aliphatic rings. The number of nitrogens with one attached hydrogen (secondary N) is 1. The number of hydrogen-bond donors (Lipinski definition) is 1. The predicted molar refractivity (Wildman–Crippen MR) is 113 cm³/mol. The van der Waals surface area contributed by atoms with Crippen molar-refractivity contribution in [2.75, 3.05) is 58.8 Å². The molecule has 1 amide bonds. The number of likely N-dealkylation sites (N-methyl/N-ethyl adjacent to an activating group) is 2. The fraction of sp³-hybridized carbons (Fsp3) is 0.450. The van der Waals surface area contributed by atoms with Crippen molar-refractivity contribution < 1.29 is 4.79 Å². The Kier molecular flexibility index (Phi) is 5.86. The van der Waals surface area contributed by atoms with E-state index in [1.54, 1.807) is 18.5 Å². The van der Waals surface area contributed by atoms with Crippen LogP contribution in [-0.2, 0) is 0 Å². The Balaban J connectivity index is 1.57. The minimum atomic E-state index is -0.102. The van der Waals surface area contributed by atoms with E-state index in [-0.39, 0.29) is 11.9 Å². The van der Waals surface area contributed by atoms with Crippen molar-refractivity contribution in [3.05, 3.63) is 48.2 Å². The lowest BCUT2D eigenvalue weighted by molar-refractivity contribution is 0.0950. The molecule has 1 fully saturated rings. The van der Waals surface area contributed by atoms with Crippen LogP contribution in [0.4, 0.5) is 5.95 Å². The summed E-state index contributed by atoms with van der Waals surface area (Å²) >= 11 is 0. The number of pyridine rings is 1. The van der Waals surface area contributed by atoms with Gasteiger partial charge in [0.15, 0.2) is 11.5 Å². The summed E-state index contributed by atoms with van der Waals surface area (Å²) in [6.07, 6.45) is 5.33. The first-order valence-corrected chi connectivity index (χ1v) is 10.0. The number of anilines is 1. The van der Waals surface area contributed by atoms with E-state index >= 15 is 0 Å². The Bertz CT molecular complexity index is 1000. The van der Waals surface area contributed by atoms with Crippen LogP contribution in [0.2, 0.25) is 0 Å². The van der Waals surface area contributed by atoms with Crippen molar-refractivity contribution in [1.82, 2.24) is 39.7 Å². The van der Waals surface area contributed by atoms with Crippen LogP contribution in [0.15, 0.2) is 36.8 Å². The van der Waals surface area contributed by atoms with Gasteiger partial charge < -0.3 is 15.1 Å². The van der Waals surface area contributed by atoms with E-state index in [2.05, 4.69) is 42.3 Å². The highest BCUT2D eigenvalue weighted by molar-refractivity contribution is 5.94. The number of carbonyl (C=O) groups is 1. The zero-order valence-electron chi connectivity index (χ0n) is 17.6. The quantitative estimate of drug-likeness (QED) is 0.621. The third-order valence-electron chi connectivity index (χ3n) is 5.32. The summed E-state index contributed by atoms with van der Waals surface area (Å²) in [7, 11) is 6.03. The normalized spacial score (nSPS) is 17.6. The van der Waals surface area contributed by atoms with Crippen LogP contribution >= 0.6 is 0 Å². The lowest BCUT2D eigenvalue weighted by Gasteiger charge is -2.38. The second kappa shape index (κ2) is 8.72. The van der Waals surface area contributed by atoms with Gasteiger partial charge in [0, 0.05) is 51.3 Å². The van der Waals surface area contributed by atoms with Crippen molar-refractivity contribution in [3.8, 4) is 0 Å². The van der Waals surface area contributed by atoms with Crippen LogP contribution in [0.1, 0.15) is 22.2 Å². The first-order chi connectivity index (χ1) is 14.5. The Labute approximate surface area is 175 Å². The molecule has 0 bridgehead atoms. The smallest absolute Gasteiger partial charge is 0.252 e. The number of nitrogens with zero attached hydrogens (tertiary/aromatic N) is 8. The number of hydrogen-bond acceptors (Lipinski definition) is 8. The number of rotatable bonds is 6. The minimum Gasteiger partial charge on any atom is -0.351 e. The number of amides is 1. The highest BCUT2D eigenvalue weighted by Crippen LogP contribution is 2.25. The molecule has 3 aromatic heterocycles. The highest BCUT2D eigenvalue weighted by atomic mass is 16.1. The third kappa shape index (κ3) is 4.24. The average Bonchev–Trinajstić information content (AvgIpc) is 3.17. The van der Waals surface area contributed by atoms with E-state index < -0.39 is 0 Å². The molecule has 0 saturated carbocycles. The standard InChI is InChI=1S/C20H27N9O/c1-26(2)10-9-21-19(30)15-5-6-17-24-25-18(29(17)13-15)16-14-28(12-11-27(16)3)20-22-7-4-8-23-20/h4-8,13,16H,9-12,14H2,1-3H3,(H,21,30). The van der Waals surface area contributed by atoms with Crippen molar-refractivity contribution in [2.45, 2.75) is 6.04 Å². The molecule has 0 spiro atoms. The molecule has 1 atom stereocenters. The SMILES string of the molecule is CN(C)CCNC(=O)c1ccc2nnc(C3CN(c4ncccn4)CCN3C)n2c1. The van der Waals surface area contributed by atoms with Crippen LogP contribution in [0.25, 0.3) is 5.65 Å². The largest absolute Gasteiger partial charge is 0.351 e. The molecular formula is C20H27N9O. The van der Waals surface area contributed by atoms with E-state index in [9.17, 15) is 4.79 Å². The lowest BCUT2D eigenvalue weighted by atomic mass is 10.1.